The van der Waals surface area contributed by atoms with Gasteiger partial charge in [-0.2, -0.15) is 0 Å². The van der Waals surface area contributed by atoms with E-state index in [0.717, 1.165) is 28.6 Å². The average molecular weight is 361 g/mol. The highest BCUT2D eigenvalue weighted by molar-refractivity contribution is 6.03. The van der Waals surface area contributed by atoms with Crippen LogP contribution in [0.4, 0.5) is 5.69 Å². The number of amides is 1. The number of carbonyl (C=O) groups is 1. The number of carbonyl (C=O) groups excluding carboxylic acids is 1. The molecule has 0 bridgehead atoms. The lowest BCUT2D eigenvalue weighted by Gasteiger charge is -2.20. The van der Waals surface area contributed by atoms with Gasteiger partial charge in [0.1, 0.15) is 0 Å². The minimum absolute atomic E-state index is 0.0317. The molecule has 2 N–H and O–H groups in total. The smallest absolute Gasteiger partial charge is 0.235 e. The Bertz CT molecular complexity index is 1010. The molecule has 27 heavy (non-hydrogen) atoms. The first-order valence-electron chi connectivity index (χ1n) is 9.64. The fourth-order valence-electron chi connectivity index (χ4n) is 4.21. The molecule has 1 heterocycles. The van der Waals surface area contributed by atoms with Crippen molar-refractivity contribution in [2.24, 2.45) is 5.41 Å². The summed E-state index contributed by atoms with van der Waals surface area (Å²) in [4.78, 5) is 16.8. The molecule has 1 saturated carbocycles. The normalized spacial score (nSPS) is 21.2. The van der Waals surface area contributed by atoms with Gasteiger partial charge in [0.25, 0.3) is 0 Å². The highest BCUT2D eigenvalue weighted by atomic mass is 16.2. The van der Waals surface area contributed by atoms with Crippen molar-refractivity contribution in [3.63, 3.8) is 0 Å². The fourth-order valence-corrected chi connectivity index (χ4v) is 4.21. The van der Waals surface area contributed by atoms with Crippen molar-refractivity contribution in [3.8, 4) is 0 Å². The maximum Gasteiger partial charge on any atom is 0.235 e. The quantitative estimate of drug-likeness (QED) is 0.612. The van der Waals surface area contributed by atoms with Crippen LogP contribution in [0, 0.1) is 5.41 Å². The van der Waals surface area contributed by atoms with Crippen LogP contribution in [0.5, 0.6) is 0 Å². The lowest BCUT2D eigenvalue weighted by molar-refractivity contribution is -0.119. The maximum atomic E-state index is 13.3. The van der Waals surface area contributed by atoms with Gasteiger partial charge in [0, 0.05) is 27.7 Å². The fraction of sp³-hybridized carbons (Fsp3) is 0.375. The standard InChI is InChI=1S/C24H28N2O/c1-22(2,3)20-14-16-13-18(11-12-19(16)26-20)25-21(27)24(15-23(24,4)5)17-9-7-6-8-10-17/h6-14,26H,15H2,1-5H3,(H,25,27). The van der Waals surface area contributed by atoms with Crippen LogP contribution in [-0.2, 0) is 15.6 Å². The van der Waals surface area contributed by atoms with E-state index in [-0.39, 0.29) is 16.7 Å². The number of H-pyrrole nitrogens is 1. The van der Waals surface area contributed by atoms with E-state index in [1.165, 1.54) is 5.69 Å². The third kappa shape index (κ3) is 2.86. The zero-order valence-electron chi connectivity index (χ0n) is 16.8. The monoisotopic (exact) mass is 360 g/mol. The molecule has 4 rings (SSSR count). The summed E-state index contributed by atoms with van der Waals surface area (Å²) < 4.78 is 0. The summed E-state index contributed by atoms with van der Waals surface area (Å²) in [6.07, 6.45) is 0.871. The summed E-state index contributed by atoms with van der Waals surface area (Å²) in [5.41, 5.74) is 3.84. The van der Waals surface area contributed by atoms with E-state index in [4.69, 9.17) is 0 Å². The van der Waals surface area contributed by atoms with Gasteiger partial charge in [-0.15, -0.1) is 0 Å². The Morgan fingerprint density at radius 2 is 1.70 bits per heavy atom. The third-order valence-corrected chi connectivity index (χ3v) is 6.08. The van der Waals surface area contributed by atoms with Crippen LogP contribution in [0.15, 0.2) is 54.6 Å². The summed E-state index contributed by atoms with van der Waals surface area (Å²) in [6, 6.07) is 18.4. The summed E-state index contributed by atoms with van der Waals surface area (Å²) in [5, 5.41) is 4.31. The van der Waals surface area contributed by atoms with E-state index in [9.17, 15) is 4.79 Å². The van der Waals surface area contributed by atoms with Crippen LogP contribution in [0.1, 0.15) is 52.3 Å². The zero-order chi connectivity index (χ0) is 19.4. The SMILES string of the molecule is CC(C)(C)c1cc2cc(NC(=O)C3(c4ccccc4)CC3(C)C)ccc2[nH]1. The molecule has 1 fully saturated rings. The van der Waals surface area contributed by atoms with Gasteiger partial charge in [-0.3, -0.25) is 4.79 Å². The lowest BCUT2D eigenvalue weighted by Crippen LogP contribution is -2.32. The van der Waals surface area contributed by atoms with Crippen LogP contribution >= 0.6 is 0 Å². The molecule has 1 atom stereocenters. The van der Waals surface area contributed by atoms with Gasteiger partial charge in [0.2, 0.25) is 5.91 Å². The van der Waals surface area contributed by atoms with Gasteiger partial charge in [-0.1, -0.05) is 65.0 Å². The molecule has 0 spiro atoms. The minimum Gasteiger partial charge on any atom is -0.358 e. The molecule has 2 aromatic carbocycles. The predicted molar refractivity (Wildman–Crippen MR) is 112 cm³/mol. The number of hydrogen-bond donors (Lipinski definition) is 2. The highest BCUT2D eigenvalue weighted by Gasteiger charge is 2.67. The van der Waals surface area contributed by atoms with Crippen molar-refractivity contribution in [1.82, 2.24) is 4.98 Å². The second kappa shape index (κ2) is 5.72. The van der Waals surface area contributed by atoms with Crippen molar-refractivity contribution in [1.29, 1.82) is 0 Å². The average Bonchev–Trinajstić information content (AvgIpc) is 2.98. The van der Waals surface area contributed by atoms with Crippen molar-refractivity contribution in [3.05, 3.63) is 65.9 Å². The van der Waals surface area contributed by atoms with E-state index in [2.05, 4.69) is 69.2 Å². The Morgan fingerprint density at radius 3 is 2.30 bits per heavy atom. The van der Waals surface area contributed by atoms with Crippen molar-refractivity contribution in [2.45, 2.75) is 51.9 Å². The van der Waals surface area contributed by atoms with E-state index >= 15 is 0 Å². The number of fused-ring (bicyclic) bond motifs is 1. The van der Waals surface area contributed by atoms with E-state index in [1.807, 2.05) is 30.3 Å². The maximum absolute atomic E-state index is 13.3. The molecule has 3 nitrogen and oxygen atoms in total. The van der Waals surface area contributed by atoms with E-state index in [0.29, 0.717) is 0 Å². The molecule has 1 aliphatic carbocycles. The first kappa shape index (κ1) is 17.8. The van der Waals surface area contributed by atoms with Crippen LogP contribution in [0.2, 0.25) is 0 Å². The van der Waals surface area contributed by atoms with Crippen LogP contribution < -0.4 is 5.32 Å². The van der Waals surface area contributed by atoms with Crippen LogP contribution in [0.3, 0.4) is 0 Å². The molecule has 0 saturated heterocycles. The van der Waals surface area contributed by atoms with Gasteiger partial charge in [-0.05, 0) is 41.7 Å². The Hall–Kier alpha value is -2.55. The Kier molecular flexibility index (Phi) is 3.78. The summed E-state index contributed by atoms with van der Waals surface area (Å²) in [7, 11) is 0. The summed E-state index contributed by atoms with van der Waals surface area (Å²) in [5.74, 6) is 0.0876. The number of rotatable bonds is 3. The van der Waals surface area contributed by atoms with E-state index in [1.54, 1.807) is 0 Å². The zero-order valence-corrected chi connectivity index (χ0v) is 16.8. The van der Waals surface area contributed by atoms with Crippen molar-refractivity contribution >= 4 is 22.5 Å². The molecular weight excluding hydrogens is 332 g/mol. The second-order valence-electron chi connectivity index (χ2n) is 9.52. The number of nitrogens with one attached hydrogen (secondary N) is 2. The molecule has 0 aliphatic heterocycles. The second-order valence-corrected chi connectivity index (χ2v) is 9.52. The Balaban J connectivity index is 1.64. The summed E-state index contributed by atoms with van der Waals surface area (Å²) in [6.45, 7) is 10.9. The third-order valence-electron chi connectivity index (χ3n) is 6.08. The molecule has 3 heteroatoms. The number of benzene rings is 2. The van der Waals surface area contributed by atoms with Crippen molar-refractivity contribution in [2.75, 3.05) is 5.32 Å². The molecule has 140 valence electrons. The van der Waals surface area contributed by atoms with Crippen LogP contribution in [-0.4, -0.2) is 10.9 Å². The topological polar surface area (TPSA) is 44.9 Å². The number of anilines is 1. The van der Waals surface area contributed by atoms with Crippen molar-refractivity contribution < 1.29 is 4.79 Å². The number of aromatic nitrogens is 1. The molecule has 1 amide bonds. The molecule has 1 unspecified atom stereocenters. The minimum atomic E-state index is -0.446. The molecule has 0 radical (unpaired) electrons. The largest absolute Gasteiger partial charge is 0.358 e. The number of aromatic amines is 1. The van der Waals surface area contributed by atoms with Crippen LogP contribution in [0.25, 0.3) is 10.9 Å². The Labute approximate surface area is 161 Å². The van der Waals surface area contributed by atoms with E-state index < -0.39 is 5.41 Å². The molecule has 1 aliphatic rings. The van der Waals surface area contributed by atoms with Gasteiger partial charge in [-0.25, -0.2) is 0 Å². The van der Waals surface area contributed by atoms with Gasteiger partial charge in [0.05, 0.1) is 5.41 Å². The molecule has 1 aromatic heterocycles. The highest BCUT2D eigenvalue weighted by Crippen LogP contribution is 2.64. The van der Waals surface area contributed by atoms with Gasteiger partial charge >= 0.3 is 0 Å². The lowest BCUT2D eigenvalue weighted by atomic mass is 9.87. The molecule has 3 aromatic rings. The van der Waals surface area contributed by atoms with Gasteiger partial charge in [0.15, 0.2) is 0 Å². The summed E-state index contributed by atoms with van der Waals surface area (Å²) >= 11 is 0. The molecular formula is C24H28N2O. The predicted octanol–water partition coefficient (Wildman–Crippen LogP) is 5.77. The first-order chi connectivity index (χ1) is 12.6. The first-order valence-corrected chi connectivity index (χ1v) is 9.64. The Morgan fingerprint density at radius 1 is 1.04 bits per heavy atom. The van der Waals surface area contributed by atoms with Gasteiger partial charge < -0.3 is 10.3 Å². The number of hydrogen-bond acceptors (Lipinski definition) is 1.